The van der Waals surface area contributed by atoms with Crippen molar-refractivity contribution in [2.75, 3.05) is 17.6 Å². The molecule has 7 heteroatoms. The highest BCUT2D eigenvalue weighted by Gasteiger charge is 2.16. The molecule has 0 fully saturated rings. The number of hydrogen-bond donors (Lipinski definition) is 3. The van der Waals surface area contributed by atoms with E-state index in [1.54, 1.807) is 13.1 Å². The quantitative estimate of drug-likeness (QED) is 0.639. The Kier molecular flexibility index (Phi) is 7.32. The van der Waals surface area contributed by atoms with Gasteiger partial charge >= 0.3 is 0 Å². The van der Waals surface area contributed by atoms with Crippen LogP contribution in [0.15, 0.2) is 22.3 Å². The molecule has 23 heavy (non-hydrogen) atoms. The molecular formula is C16H25Cl2N5. The Bertz CT molecular complexity index is 604. The maximum Gasteiger partial charge on any atom is 0.152 e. The van der Waals surface area contributed by atoms with Gasteiger partial charge in [-0.25, -0.2) is 9.97 Å². The Morgan fingerprint density at radius 3 is 2.57 bits per heavy atom. The van der Waals surface area contributed by atoms with Crippen molar-refractivity contribution in [3.63, 3.8) is 0 Å². The number of nitrogens with two attached hydrogens (primary N) is 2. The molecule has 0 amide bonds. The summed E-state index contributed by atoms with van der Waals surface area (Å²) in [6, 6.07) is 0. The molecule has 1 atom stereocenters. The highest BCUT2D eigenvalue weighted by atomic mass is 35.5. The van der Waals surface area contributed by atoms with Crippen LogP contribution in [0.1, 0.15) is 46.2 Å². The molecule has 0 aliphatic carbocycles. The summed E-state index contributed by atoms with van der Waals surface area (Å²) < 4.78 is 0. The Labute approximate surface area is 148 Å². The van der Waals surface area contributed by atoms with Gasteiger partial charge in [-0.05, 0) is 33.6 Å². The van der Waals surface area contributed by atoms with Gasteiger partial charge in [0.05, 0.1) is 11.2 Å². The number of hydrogen-bond acceptors (Lipinski definition) is 5. The molecule has 0 aliphatic heterocycles. The van der Waals surface area contributed by atoms with Crippen molar-refractivity contribution in [2.24, 2.45) is 5.73 Å². The van der Waals surface area contributed by atoms with Crippen LogP contribution in [-0.4, -0.2) is 22.1 Å². The van der Waals surface area contributed by atoms with Gasteiger partial charge in [0.1, 0.15) is 11.5 Å². The number of nitrogen functional groups attached to an aromatic ring is 1. The van der Waals surface area contributed by atoms with Gasteiger partial charge in [-0.3, -0.25) is 0 Å². The number of nitrogens with one attached hydrogen (secondary N) is 1. The van der Waals surface area contributed by atoms with E-state index in [2.05, 4.69) is 22.2 Å². The zero-order valence-corrected chi connectivity index (χ0v) is 15.6. The number of halogens is 2. The van der Waals surface area contributed by atoms with Gasteiger partial charge in [0.2, 0.25) is 0 Å². The van der Waals surface area contributed by atoms with Gasteiger partial charge in [0, 0.05) is 22.7 Å². The Balaban J connectivity index is 2.89. The minimum absolute atomic E-state index is 0.194. The minimum atomic E-state index is -0.194. The van der Waals surface area contributed by atoms with Crippen molar-refractivity contribution in [3.05, 3.63) is 28.0 Å². The van der Waals surface area contributed by atoms with E-state index in [9.17, 15) is 0 Å². The molecular weight excluding hydrogens is 333 g/mol. The number of rotatable bonds is 7. The average Bonchev–Trinajstić information content (AvgIpc) is 2.49. The third-order valence-electron chi connectivity index (χ3n) is 3.69. The molecule has 0 aromatic carbocycles. The van der Waals surface area contributed by atoms with Crippen molar-refractivity contribution in [2.45, 2.75) is 46.1 Å². The summed E-state index contributed by atoms with van der Waals surface area (Å²) in [5.74, 6) is 0.904. The number of nitrogens with zero attached hydrogens (tertiary/aromatic N) is 2. The fourth-order valence-corrected chi connectivity index (χ4v) is 2.20. The van der Waals surface area contributed by atoms with E-state index in [0.29, 0.717) is 39.5 Å². The SMILES string of the molecule is C/C=C(\C(Cl)=C(/C)Cl)c1ncc(NCCC(C)(N)CC)nc1N. The molecule has 128 valence electrons. The van der Waals surface area contributed by atoms with E-state index in [1.807, 2.05) is 19.9 Å². The highest BCUT2D eigenvalue weighted by molar-refractivity contribution is 6.44. The first kappa shape index (κ1) is 19.7. The number of aromatic nitrogens is 2. The lowest BCUT2D eigenvalue weighted by atomic mass is 9.96. The fraction of sp³-hybridized carbons (Fsp3) is 0.500. The average molecular weight is 358 g/mol. The zero-order valence-electron chi connectivity index (χ0n) is 14.1. The maximum absolute atomic E-state index is 6.20. The second-order valence-electron chi connectivity index (χ2n) is 5.72. The predicted molar refractivity (Wildman–Crippen MR) is 100 cm³/mol. The lowest BCUT2D eigenvalue weighted by molar-refractivity contribution is 0.429. The first-order valence-electron chi connectivity index (χ1n) is 7.56. The summed E-state index contributed by atoms with van der Waals surface area (Å²) in [6.45, 7) is 8.36. The highest BCUT2D eigenvalue weighted by Crippen LogP contribution is 2.31. The van der Waals surface area contributed by atoms with Crippen molar-refractivity contribution in [1.82, 2.24) is 9.97 Å². The van der Waals surface area contributed by atoms with Crippen LogP contribution in [-0.2, 0) is 0 Å². The van der Waals surface area contributed by atoms with Crippen LogP contribution in [0.25, 0.3) is 5.57 Å². The van der Waals surface area contributed by atoms with Crippen LogP contribution in [0, 0.1) is 0 Å². The van der Waals surface area contributed by atoms with Crippen LogP contribution in [0.3, 0.4) is 0 Å². The molecule has 0 saturated carbocycles. The second-order valence-corrected chi connectivity index (χ2v) is 6.67. The summed E-state index contributed by atoms with van der Waals surface area (Å²) in [5.41, 5.74) is 13.1. The summed E-state index contributed by atoms with van der Waals surface area (Å²) in [5, 5.41) is 4.08. The minimum Gasteiger partial charge on any atom is -0.382 e. The Morgan fingerprint density at radius 2 is 2.09 bits per heavy atom. The number of anilines is 2. The maximum atomic E-state index is 6.20. The lowest BCUT2D eigenvalue weighted by Gasteiger charge is -2.22. The molecule has 1 heterocycles. The molecule has 0 aliphatic rings. The summed E-state index contributed by atoms with van der Waals surface area (Å²) in [6.07, 6.45) is 5.17. The topological polar surface area (TPSA) is 89.8 Å². The van der Waals surface area contributed by atoms with Gasteiger partial charge in [0.15, 0.2) is 5.82 Å². The molecule has 5 N–H and O–H groups in total. The molecule has 0 bridgehead atoms. The molecule has 0 spiro atoms. The first-order chi connectivity index (χ1) is 10.7. The van der Waals surface area contributed by atoms with Gasteiger partial charge < -0.3 is 16.8 Å². The summed E-state index contributed by atoms with van der Waals surface area (Å²) in [4.78, 5) is 8.69. The van der Waals surface area contributed by atoms with E-state index >= 15 is 0 Å². The predicted octanol–water partition coefficient (Wildman–Crippen LogP) is 4.10. The molecule has 1 aromatic rings. The fourth-order valence-electron chi connectivity index (χ4n) is 1.90. The largest absolute Gasteiger partial charge is 0.382 e. The van der Waals surface area contributed by atoms with E-state index < -0.39 is 0 Å². The monoisotopic (exact) mass is 357 g/mol. The van der Waals surface area contributed by atoms with E-state index in [-0.39, 0.29) is 5.54 Å². The molecule has 1 aromatic heterocycles. The van der Waals surface area contributed by atoms with E-state index in [0.717, 1.165) is 12.8 Å². The van der Waals surface area contributed by atoms with Gasteiger partial charge in [-0.1, -0.05) is 36.2 Å². The van der Waals surface area contributed by atoms with Crippen LogP contribution in [0.4, 0.5) is 11.6 Å². The van der Waals surface area contributed by atoms with Crippen molar-refractivity contribution >= 4 is 40.4 Å². The van der Waals surface area contributed by atoms with Crippen LogP contribution >= 0.6 is 23.2 Å². The Morgan fingerprint density at radius 1 is 1.43 bits per heavy atom. The summed E-state index contributed by atoms with van der Waals surface area (Å²) >= 11 is 12.2. The van der Waals surface area contributed by atoms with Crippen molar-refractivity contribution < 1.29 is 0 Å². The van der Waals surface area contributed by atoms with Crippen LogP contribution in [0.2, 0.25) is 0 Å². The van der Waals surface area contributed by atoms with E-state index in [1.165, 1.54) is 0 Å². The van der Waals surface area contributed by atoms with E-state index in [4.69, 9.17) is 34.7 Å². The van der Waals surface area contributed by atoms with Crippen LogP contribution in [0.5, 0.6) is 0 Å². The van der Waals surface area contributed by atoms with Crippen molar-refractivity contribution in [1.29, 1.82) is 0 Å². The smallest absolute Gasteiger partial charge is 0.152 e. The lowest BCUT2D eigenvalue weighted by Crippen LogP contribution is -2.37. The molecule has 5 nitrogen and oxygen atoms in total. The summed E-state index contributed by atoms with van der Waals surface area (Å²) in [7, 11) is 0. The molecule has 1 rings (SSSR count). The zero-order chi connectivity index (χ0) is 17.6. The van der Waals surface area contributed by atoms with Crippen molar-refractivity contribution in [3.8, 4) is 0 Å². The van der Waals surface area contributed by atoms with Gasteiger partial charge in [-0.2, -0.15) is 0 Å². The second kappa shape index (κ2) is 8.52. The van der Waals surface area contributed by atoms with Crippen LogP contribution < -0.4 is 16.8 Å². The Hall–Kier alpha value is -1.30. The standard InChI is InChI=1S/C16H25Cl2N5/c1-5-11(13(18)10(3)17)14-15(19)23-12(9-22-14)21-8-7-16(4,20)6-2/h5,9H,6-8,20H2,1-4H3,(H3,19,21,23)/b11-5+,13-10-. The van der Waals surface area contributed by atoms with Gasteiger partial charge in [0.25, 0.3) is 0 Å². The normalized spacial score (nSPS) is 15.9. The molecule has 1 unspecified atom stereocenters. The number of allylic oxidation sites excluding steroid dienone is 4. The van der Waals surface area contributed by atoms with Gasteiger partial charge in [-0.15, -0.1) is 0 Å². The first-order valence-corrected chi connectivity index (χ1v) is 8.31. The molecule has 0 saturated heterocycles. The third kappa shape index (κ3) is 5.68. The molecule has 0 radical (unpaired) electrons. The third-order valence-corrected chi connectivity index (χ3v) is 4.46.